The van der Waals surface area contributed by atoms with Gasteiger partial charge in [-0.05, 0) is 47.0 Å². The van der Waals surface area contributed by atoms with Gasteiger partial charge in [0.25, 0.3) is 0 Å². The first-order valence-electron chi connectivity index (χ1n) is 6.16. The largest absolute Gasteiger partial charge is 0.481 e. The van der Waals surface area contributed by atoms with Gasteiger partial charge in [-0.3, -0.25) is 4.79 Å². The Morgan fingerprint density at radius 3 is 2.53 bits per heavy atom. The molecule has 0 radical (unpaired) electrons. The summed E-state index contributed by atoms with van der Waals surface area (Å²) in [6.45, 7) is 4.13. The summed E-state index contributed by atoms with van der Waals surface area (Å²) in [6, 6.07) is 7.33. The fraction of sp³-hybridized carbons (Fsp3) is 0.429. The van der Waals surface area contributed by atoms with Crippen LogP contribution in [0.5, 0.6) is 0 Å². The fourth-order valence-corrected chi connectivity index (χ4v) is 2.33. The third-order valence-electron chi connectivity index (χ3n) is 3.53. The zero-order valence-corrected chi connectivity index (χ0v) is 12.6. The van der Waals surface area contributed by atoms with Crippen molar-refractivity contribution >= 4 is 27.6 Å². The molecule has 0 amide bonds. The number of rotatable bonds is 6. The van der Waals surface area contributed by atoms with Gasteiger partial charge in [-0.1, -0.05) is 13.8 Å². The van der Waals surface area contributed by atoms with E-state index < -0.39 is 11.4 Å². The van der Waals surface area contributed by atoms with Crippen molar-refractivity contribution < 1.29 is 9.90 Å². The number of nitrogens with one attached hydrogen (secondary N) is 1. The smallest absolute Gasteiger partial charge is 0.311 e. The molecule has 0 saturated heterocycles. The molecule has 0 saturated carbocycles. The van der Waals surface area contributed by atoms with Crippen LogP contribution in [0.3, 0.4) is 0 Å². The van der Waals surface area contributed by atoms with E-state index in [1.54, 1.807) is 18.2 Å². The van der Waals surface area contributed by atoms with Crippen molar-refractivity contribution in [2.45, 2.75) is 26.7 Å². The van der Waals surface area contributed by atoms with E-state index in [1.165, 1.54) is 0 Å². The Morgan fingerprint density at radius 2 is 2.11 bits per heavy atom. The number of carboxylic acids is 1. The zero-order chi connectivity index (χ0) is 14.5. The maximum atomic E-state index is 11.4. The molecule has 0 atom stereocenters. The van der Waals surface area contributed by atoms with Crippen LogP contribution in [0.25, 0.3) is 0 Å². The molecule has 0 bridgehead atoms. The van der Waals surface area contributed by atoms with Gasteiger partial charge in [0, 0.05) is 16.7 Å². The molecule has 0 aliphatic heterocycles. The van der Waals surface area contributed by atoms with Crippen molar-refractivity contribution in [1.29, 1.82) is 5.26 Å². The first-order chi connectivity index (χ1) is 8.99. The third kappa shape index (κ3) is 3.48. The lowest BCUT2D eigenvalue weighted by molar-refractivity contribution is -0.148. The average molecular weight is 325 g/mol. The van der Waals surface area contributed by atoms with Gasteiger partial charge in [0.05, 0.1) is 11.0 Å². The summed E-state index contributed by atoms with van der Waals surface area (Å²) < 4.78 is 0.703. The number of carbonyl (C=O) groups is 1. The topological polar surface area (TPSA) is 73.1 Å². The normalized spacial score (nSPS) is 10.8. The number of hydrogen-bond donors (Lipinski definition) is 2. The van der Waals surface area contributed by atoms with Crippen molar-refractivity contribution in [3.63, 3.8) is 0 Å². The van der Waals surface area contributed by atoms with Crippen LogP contribution < -0.4 is 5.32 Å². The van der Waals surface area contributed by atoms with Gasteiger partial charge in [-0.2, -0.15) is 5.26 Å². The molecule has 0 aliphatic carbocycles. The molecule has 0 unspecified atom stereocenters. The maximum absolute atomic E-state index is 11.4. The Balaban J connectivity index is 2.84. The van der Waals surface area contributed by atoms with Crippen LogP contribution in [0.2, 0.25) is 0 Å². The van der Waals surface area contributed by atoms with E-state index in [-0.39, 0.29) is 0 Å². The number of nitrogens with zero attached hydrogens (tertiary/aromatic N) is 1. The lowest BCUT2D eigenvalue weighted by Gasteiger charge is -2.27. The second-order valence-electron chi connectivity index (χ2n) is 4.45. The van der Waals surface area contributed by atoms with Crippen molar-refractivity contribution in [3.8, 4) is 6.07 Å². The summed E-state index contributed by atoms with van der Waals surface area (Å²) >= 11 is 3.31. The highest BCUT2D eigenvalue weighted by atomic mass is 79.9. The van der Waals surface area contributed by atoms with Gasteiger partial charge in [0.1, 0.15) is 6.07 Å². The van der Waals surface area contributed by atoms with Gasteiger partial charge in [0.15, 0.2) is 0 Å². The number of halogens is 1. The zero-order valence-electron chi connectivity index (χ0n) is 11.0. The predicted octanol–water partition coefficient (Wildman–Crippen LogP) is 3.62. The van der Waals surface area contributed by atoms with E-state index in [0.29, 0.717) is 29.4 Å². The Hall–Kier alpha value is -1.54. The van der Waals surface area contributed by atoms with Crippen LogP contribution in [0.1, 0.15) is 32.3 Å². The number of carboxylic acid groups (broad SMARTS) is 1. The van der Waals surface area contributed by atoms with Crippen LogP contribution in [-0.4, -0.2) is 17.6 Å². The fourth-order valence-electron chi connectivity index (χ4n) is 1.87. The number of benzene rings is 1. The first kappa shape index (κ1) is 15.5. The quantitative estimate of drug-likeness (QED) is 0.838. The molecule has 4 nitrogen and oxygen atoms in total. The molecule has 1 aromatic carbocycles. The Bertz CT molecular complexity index is 505. The number of hydrogen-bond acceptors (Lipinski definition) is 3. The molecular formula is C14H17BrN2O2. The van der Waals surface area contributed by atoms with Crippen molar-refractivity contribution in [2.24, 2.45) is 5.41 Å². The minimum absolute atomic E-state index is 0.369. The molecule has 5 heteroatoms. The standard InChI is InChI=1S/C14H17BrN2O2/c1-3-14(4-2,13(18)19)9-17-11-6-5-10(8-16)12(15)7-11/h5-7,17H,3-4,9H2,1-2H3,(H,18,19). The summed E-state index contributed by atoms with van der Waals surface area (Å²) in [5.74, 6) is -0.780. The lowest BCUT2D eigenvalue weighted by atomic mass is 9.82. The maximum Gasteiger partial charge on any atom is 0.311 e. The predicted molar refractivity (Wildman–Crippen MR) is 78.0 cm³/mol. The average Bonchev–Trinajstić information content (AvgIpc) is 2.40. The lowest BCUT2D eigenvalue weighted by Crippen LogP contribution is -2.36. The van der Waals surface area contributed by atoms with E-state index >= 15 is 0 Å². The Kier molecular flexibility index (Phi) is 5.37. The molecule has 0 fully saturated rings. The van der Waals surface area contributed by atoms with Gasteiger partial charge in [-0.15, -0.1) is 0 Å². The van der Waals surface area contributed by atoms with Crippen LogP contribution in [0.15, 0.2) is 22.7 Å². The second-order valence-corrected chi connectivity index (χ2v) is 5.31. The molecule has 0 heterocycles. The van der Waals surface area contributed by atoms with Crippen molar-refractivity contribution in [1.82, 2.24) is 0 Å². The second kappa shape index (κ2) is 6.58. The first-order valence-corrected chi connectivity index (χ1v) is 6.95. The SMILES string of the molecule is CCC(CC)(CNc1ccc(C#N)c(Br)c1)C(=O)O. The van der Waals surface area contributed by atoms with E-state index in [2.05, 4.69) is 27.3 Å². The van der Waals surface area contributed by atoms with E-state index in [9.17, 15) is 9.90 Å². The van der Waals surface area contributed by atoms with E-state index in [1.807, 2.05) is 13.8 Å². The van der Waals surface area contributed by atoms with Crippen molar-refractivity contribution in [3.05, 3.63) is 28.2 Å². The molecule has 0 aromatic heterocycles. The monoisotopic (exact) mass is 324 g/mol. The van der Waals surface area contributed by atoms with E-state index in [0.717, 1.165) is 5.69 Å². The summed E-state index contributed by atoms with van der Waals surface area (Å²) in [5.41, 5.74) is 0.611. The Morgan fingerprint density at radius 1 is 1.47 bits per heavy atom. The van der Waals surface area contributed by atoms with Crippen molar-refractivity contribution in [2.75, 3.05) is 11.9 Å². The molecule has 0 spiro atoms. The minimum atomic E-state index is -0.780. The van der Waals surface area contributed by atoms with Gasteiger partial charge in [0.2, 0.25) is 0 Å². The number of anilines is 1. The van der Waals surface area contributed by atoms with E-state index in [4.69, 9.17) is 5.26 Å². The number of aliphatic carboxylic acids is 1. The highest BCUT2D eigenvalue weighted by molar-refractivity contribution is 9.10. The molecule has 0 aliphatic rings. The molecular weight excluding hydrogens is 308 g/mol. The Labute approximate surface area is 121 Å². The number of nitriles is 1. The van der Waals surface area contributed by atoms with Crippen LogP contribution in [0, 0.1) is 16.7 Å². The van der Waals surface area contributed by atoms with Gasteiger partial charge < -0.3 is 10.4 Å². The highest BCUT2D eigenvalue weighted by Gasteiger charge is 2.34. The molecule has 1 rings (SSSR count). The molecule has 19 heavy (non-hydrogen) atoms. The molecule has 102 valence electrons. The van der Waals surface area contributed by atoms with Crippen LogP contribution in [0.4, 0.5) is 5.69 Å². The molecule has 2 N–H and O–H groups in total. The summed E-state index contributed by atoms with van der Waals surface area (Å²) in [5, 5.41) is 21.3. The van der Waals surface area contributed by atoms with Crippen LogP contribution in [-0.2, 0) is 4.79 Å². The minimum Gasteiger partial charge on any atom is -0.481 e. The van der Waals surface area contributed by atoms with Gasteiger partial charge in [-0.25, -0.2) is 0 Å². The third-order valence-corrected chi connectivity index (χ3v) is 4.18. The summed E-state index contributed by atoms with van der Waals surface area (Å²) in [4.78, 5) is 11.4. The van der Waals surface area contributed by atoms with Gasteiger partial charge >= 0.3 is 5.97 Å². The highest BCUT2D eigenvalue weighted by Crippen LogP contribution is 2.28. The summed E-state index contributed by atoms with van der Waals surface area (Å²) in [7, 11) is 0. The molecule has 1 aromatic rings. The summed E-state index contributed by atoms with van der Waals surface area (Å²) in [6.07, 6.45) is 1.15. The van der Waals surface area contributed by atoms with Crippen LogP contribution >= 0.6 is 15.9 Å².